The molecule has 0 unspecified atom stereocenters. The molecule has 132 valence electrons. The Bertz CT molecular complexity index is 464. The Morgan fingerprint density at radius 2 is 1.57 bits per heavy atom. The molecule has 1 aliphatic carbocycles. The quantitative estimate of drug-likeness (QED) is 0.700. The van der Waals surface area contributed by atoms with Crippen molar-refractivity contribution in [1.82, 2.24) is 0 Å². The van der Waals surface area contributed by atoms with E-state index in [-0.39, 0.29) is 17.8 Å². The molecular formula is C18H27F3O2. The van der Waals surface area contributed by atoms with E-state index in [4.69, 9.17) is 9.47 Å². The summed E-state index contributed by atoms with van der Waals surface area (Å²) in [5.74, 6) is 0.334. The minimum Gasteiger partial charge on any atom is -0.490 e. The maximum atomic E-state index is 12.8. The van der Waals surface area contributed by atoms with Crippen LogP contribution in [0, 0.1) is 6.92 Å². The second-order valence-corrected chi connectivity index (χ2v) is 5.89. The number of halogens is 3. The molecule has 0 saturated heterocycles. The first-order valence-corrected chi connectivity index (χ1v) is 8.19. The van der Waals surface area contributed by atoms with Gasteiger partial charge in [-0.2, -0.15) is 13.2 Å². The van der Waals surface area contributed by atoms with Crippen molar-refractivity contribution in [3.63, 3.8) is 0 Å². The van der Waals surface area contributed by atoms with Gasteiger partial charge in [0, 0.05) is 12.7 Å². The molecule has 1 aliphatic rings. The van der Waals surface area contributed by atoms with Crippen LogP contribution in [-0.4, -0.2) is 19.3 Å². The SMILES string of the molecule is CCC.COC1CCC(Oc2cccc(C(F)(F)F)c2C)CC1. The number of alkyl halides is 3. The van der Waals surface area contributed by atoms with Crippen molar-refractivity contribution in [3.05, 3.63) is 29.3 Å². The van der Waals surface area contributed by atoms with Crippen LogP contribution in [-0.2, 0) is 10.9 Å². The maximum absolute atomic E-state index is 12.8. The first-order chi connectivity index (χ1) is 10.8. The highest BCUT2D eigenvalue weighted by Crippen LogP contribution is 2.36. The van der Waals surface area contributed by atoms with Crippen molar-refractivity contribution in [3.8, 4) is 5.75 Å². The summed E-state index contributed by atoms with van der Waals surface area (Å²) in [5, 5.41) is 0. The second-order valence-electron chi connectivity index (χ2n) is 5.89. The Morgan fingerprint density at radius 1 is 1.04 bits per heavy atom. The topological polar surface area (TPSA) is 18.5 Å². The monoisotopic (exact) mass is 332 g/mol. The zero-order chi connectivity index (χ0) is 17.5. The first-order valence-electron chi connectivity index (χ1n) is 8.19. The number of hydrogen-bond donors (Lipinski definition) is 0. The van der Waals surface area contributed by atoms with Gasteiger partial charge in [0.2, 0.25) is 0 Å². The van der Waals surface area contributed by atoms with Gasteiger partial charge in [-0.25, -0.2) is 0 Å². The summed E-state index contributed by atoms with van der Waals surface area (Å²) >= 11 is 0. The van der Waals surface area contributed by atoms with E-state index in [0.29, 0.717) is 5.75 Å². The van der Waals surface area contributed by atoms with Crippen LogP contribution in [0.3, 0.4) is 0 Å². The van der Waals surface area contributed by atoms with E-state index >= 15 is 0 Å². The molecule has 0 aromatic heterocycles. The van der Waals surface area contributed by atoms with E-state index in [1.807, 2.05) is 0 Å². The third kappa shape index (κ3) is 6.05. The van der Waals surface area contributed by atoms with Gasteiger partial charge in [0.15, 0.2) is 0 Å². The highest BCUT2D eigenvalue weighted by molar-refractivity contribution is 5.40. The average molecular weight is 332 g/mol. The molecule has 0 atom stereocenters. The van der Waals surface area contributed by atoms with Gasteiger partial charge in [-0.05, 0) is 44.7 Å². The van der Waals surface area contributed by atoms with Gasteiger partial charge in [-0.15, -0.1) is 0 Å². The van der Waals surface area contributed by atoms with Gasteiger partial charge in [0.05, 0.1) is 17.8 Å². The van der Waals surface area contributed by atoms with Crippen LogP contribution >= 0.6 is 0 Å². The summed E-state index contributed by atoms with van der Waals surface area (Å²) in [5.41, 5.74) is -0.463. The maximum Gasteiger partial charge on any atom is 0.416 e. The van der Waals surface area contributed by atoms with E-state index in [1.54, 1.807) is 13.2 Å². The third-order valence-electron chi connectivity index (χ3n) is 3.84. The fourth-order valence-electron chi connectivity index (χ4n) is 2.61. The molecular weight excluding hydrogens is 305 g/mol. The number of methoxy groups -OCH3 is 1. The largest absolute Gasteiger partial charge is 0.490 e. The Hall–Kier alpha value is -1.23. The number of benzene rings is 1. The van der Waals surface area contributed by atoms with Gasteiger partial charge in [0.25, 0.3) is 0 Å². The van der Waals surface area contributed by atoms with Crippen LogP contribution < -0.4 is 4.74 Å². The average Bonchev–Trinajstić information content (AvgIpc) is 2.50. The molecule has 0 amide bonds. The summed E-state index contributed by atoms with van der Waals surface area (Å²) in [7, 11) is 1.68. The lowest BCUT2D eigenvalue weighted by Gasteiger charge is -2.29. The van der Waals surface area contributed by atoms with E-state index < -0.39 is 11.7 Å². The van der Waals surface area contributed by atoms with E-state index in [0.717, 1.165) is 31.7 Å². The molecule has 2 nitrogen and oxygen atoms in total. The summed E-state index contributed by atoms with van der Waals surface area (Å²) < 4.78 is 49.5. The first kappa shape index (κ1) is 19.8. The van der Waals surface area contributed by atoms with Gasteiger partial charge in [0.1, 0.15) is 5.75 Å². The highest BCUT2D eigenvalue weighted by Gasteiger charge is 2.33. The molecule has 1 fully saturated rings. The number of ether oxygens (including phenoxy) is 2. The lowest BCUT2D eigenvalue weighted by molar-refractivity contribution is -0.138. The Labute approximate surface area is 137 Å². The van der Waals surface area contributed by atoms with Gasteiger partial charge < -0.3 is 9.47 Å². The minimum atomic E-state index is -4.34. The Morgan fingerprint density at radius 3 is 2.04 bits per heavy atom. The molecule has 0 spiro atoms. The predicted molar refractivity (Wildman–Crippen MR) is 85.8 cm³/mol. The predicted octanol–water partition coefficient (Wildman–Crippen LogP) is 5.77. The molecule has 0 radical (unpaired) electrons. The van der Waals surface area contributed by atoms with Gasteiger partial charge in [-0.3, -0.25) is 0 Å². The molecule has 0 bridgehead atoms. The number of rotatable bonds is 3. The molecule has 1 aromatic rings. The Kier molecular flexibility index (Phi) is 7.89. The van der Waals surface area contributed by atoms with Crippen LogP contribution in [0.4, 0.5) is 13.2 Å². The van der Waals surface area contributed by atoms with Crippen molar-refractivity contribution >= 4 is 0 Å². The summed E-state index contributed by atoms with van der Waals surface area (Å²) in [6.45, 7) is 5.71. The molecule has 0 heterocycles. The lowest BCUT2D eigenvalue weighted by Crippen LogP contribution is -2.28. The third-order valence-corrected chi connectivity index (χ3v) is 3.84. The van der Waals surface area contributed by atoms with Crippen molar-refractivity contribution in [2.45, 2.75) is 71.3 Å². The molecule has 1 aromatic carbocycles. The van der Waals surface area contributed by atoms with Crippen molar-refractivity contribution < 1.29 is 22.6 Å². The summed E-state index contributed by atoms with van der Waals surface area (Å²) in [6, 6.07) is 4.09. The van der Waals surface area contributed by atoms with Crippen LogP contribution in [0.5, 0.6) is 5.75 Å². The fraction of sp³-hybridized carbons (Fsp3) is 0.667. The van der Waals surface area contributed by atoms with E-state index in [9.17, 15) is 13.2 Å². The summed E-state index contributed by atoms with van der Waals surface area (Å²) in [6.07, 6.45) is 0.541. The lowest BCUT2D eigenvalue weighted by atomic mass is 9.95. The van der Waals surface area contributed by atoms with Gasteiger partial charge in [-0.1, -0.05) is 26.3 Å². The molecule has 0 aliphatic heterocycles. The van der Waals surface area contributed by atoms with Crippen LogP contribution in [0.25, 0.3) is 0 Å². The van der Waals surface area contributed by atoms with E-state index in [2.05, 4.69) is 13.8 Å². The zero-order valence-electron chi connectivity index (χ0n) is 14.4. The molecule has 2 rings (SSSR count). The summed E-state index contributed by atoms with van der Waals surface area (Å²) in [4.78, 5) is 0. The molecule has 5 heteroatoms. The van der Waals surface area contributed by atoms with Crippen LogP contribution in [0.2, 0.25) is 0 Å². The molecule has 1 saturated carbocycles. The molecule has 23 heavy (non-hydrogen) atoms. The van der Waals surface area contributed by atoms with Crippen molar-refractivity contribution in [2.24, 2.45) is 0 Å². The van der Waals surface area contributed by atoms with Crippen LogP contribution in [0.1, 0.15) is 57.1 Å². The Balaban J connectivity index is 0.000000816. The van der Waals surface area contributed by atoms with Crippen molar-refractivity contribution in [1.29, 1.82) is 0 Å². The van der Waals surface area contributed by atoms with Gasteiger partial charge >= 0.3 is 6.18 Å². The fourth-order valence-corrected chi connectivity index (χ4v) is 2.61. The normalized spacial score (nSPS) is 21.3. The smallest absolute Gasteiger partial charge is 0.416 e. The number of hydrogen-bond acceptors (Lipinski definition) is 2. The van der Waals surface area contributed by atoms with Crippen LogP contribution in [0.15, 0.2) is 18.2 Å². The zero-order valence-corrected chi connectivity index (χ0v) is 14.4. The highest BCUT2D eigenvalue weighted by atomic mass is 19.4. The second kappa shape index (κ2) is 9.16. The molecule has 0 N–H and O–H groups in total. The standard InChI is InChI=1S/C15H19F3O2.C3H8/c1-10-13(15(16,17)18)4-3-5-14(10)20-12-8-6-11(19-2)7-9-12;1-3-2/h3-5,11-12H,6-9H2,1-2H3;3H2,1-2H3. The minimum absolute atomic E-state index is 0.0245. The van der Waals surface area contributed by atoms with Crippen molar-refractivity contribution in [2.75, 3.05) is 7.11 Å². The van der Waals surface area contributed by atoms with E-state index in [1.165, 1.54) is 19.4 Å².